The number of carbonyl (C=O) groups excluding carboxylic acids is 1. The summed E-state index contributed by atoms with van der Waals surface area (Å²) in [6.45, 7) is 3.77. The Morgan fingerprint density at radius 2 is 1.62 bits per heavy atom. The van der Waals surface area contributed by atoms with Crippen molar-refractivity contribution in [2.45, 2.75) is 38.1 Å². The van der Waals surface area contributed by atoms with Crippen LogP contribution in [-0.2, 0) is 32.5 Å². The molecule has 2 aromatic carbocycles. The molecule has 0 spiro atoms. The molecule has 0 atom stereocenters. The van der Waals surface area contributed by atoms with Crippen molar-refractivity contribution >= 4 is 16.0 Å². The molecule has 0 saturated carbocycles. The maximum Gasteiger partial charge on any atom is 0.321 e. The summed E-state index contributed by atoms with van der Waals surface area (Å²) in [5.74, 6) is -0.561. The number of aryl methyl sites for hydroxylation is 1. The molecular formula is C20H25NO4S. The van der Waals surface area contributed by atoms with Crippen LogP contribution in [0.2, 0.25) is 0 Å². The number of sulfonamides is 1. The van der Waals surface area contributed by atoms with Gasteiger partial charge in [0.05, 0.1) is 11.5 Å². The van der Waals surface area contributed by atoms with Crippen molar-refractivity contribution in [3.8, 4) is 0 Å². The zero-order valence-electron chi connectivity index (χ0n) is 15.2. The van der Waals surface area contributed by atoms with Crippen LogP contribution in [0.3, 0.4) is 0 Å². The normalized spacial score (nSPS) is 11.5. The quantitative estimate of drug-likeness (QED) is 0.630. The standard InChI is InChI=1S/C20H25NO4S/c1-3-8-17-11-13-19(14-12-17)26(23,24)21(16-20(22)25-4-2)15-18-9-6-5-7-10-18/h5-7,9-14H,3-4,8,15-16H2,1-2H3. The molecule has 0 heterocycles. The minimum Gasteiger partial charge on any atom is -0.465 e. The number of hydrogen-bond acceptors (Lipinski definition) is 4. The fraction of sp³-hybridized carbons (Fsp3) is 0.350. The summed E-state index contributed by atoms with van der Waals surface area (Å²) in [7, 11) is -3.81. The summed E-state index contributed by atoms with van der Waals surface area (Å²) < 4.78 is 32.2. The van der Waals surface area contributed by atoms with Crippen molar-refractivity contribution in [2.24, 2.45) is 0 Å². The number of rotatable bonds is 9. The molecule has 0 N–H and O–H groups in total. The van der Waals surface area contributed by atoms with Gasteiger partial charge in [-0.15, -0.1) is 0 Å². The minimum atomic E-state index is -3.81. The van der Waals surface area contributed by atoms with Gasteiger partial charge in [0.1, 0.15) is 6.54 Å². The fourth-order valence-electron chi connectivity index (χ4n) is 2.63. The van der Waals surface area contributed by atoms with Gasteiger partial charge < -0.3 is 4.74 Å². The van der Waals surface area contributed by atoms with Gasteiger partial charge in [-0.25, -0.2) is 8.42 Å². The van der Waals surface area contributed by atoms with E-state index >= 15 is 0 Å². The Kier molecular flexibility index (Phi) is 7.36. The Bertz CT molecular complexity index is 801. The van der Waals surface area contributed by atoms with Crippen LogP contribution in [0.15, 0.2) is 59.5 Å². The maximum atomic E-state index is 13.1. The second kappa shape index (κ2) is 9.50. The van der Waals surface area contributed by atoms with E-state index in [1.165, 1.54) is 0 Å². The Morgan fingerprint density at radius 1 is 0.962 bits per heavy atom. The van der Waals surface area contributed by atoms with Gasteiger partial charge in [0.2, 0.25) is 10.0 Å². The minimum absolute atomic E-state index is 0.110. The Labute approximate surface area is 155 Å². The number of benzene rings is 2. The predicted molar refractivity (Wildman–Crippen MR) is 101 cm³/mol. The van der Waals surface area contributed by atoms with Gasteiger partial charge in [0.25, 0.3) is 0 Å². The molecule has 0 bridgehead atoms. The first kappa shape index (κ1) is 20.1. The molecule has 5 nitrogen and oxygen atoms in total. The van der Waals surface area contributed by atoms with Crippen LogP contribution in [0.5, 0.6) is 0 Å². The molecular weight excluding hydrogens is 350 g/mol. The highest BCUT2D eigenvalue weighted by atomic mass is 32.2. The van der Waals surface area contributed by atoms with Crippen LogP contribution in [0, 0.1) is 0 Å². The Balaban J connectivity index is 2.30. The SMILES string of the molecule is CCCc1ccc(S(=O)(=O)N(CC(=O)OCC)Cc2ccccc2)cc1. The van der Waals surface area contributed by atoms with Crippen LogP contribution in [0.4, 0.5) is 0 Å². The van der Waals surface area contributed by atoms with Crippen molar-refractivity contribution in [2.75, 3.05) is 13.2 Å². The van der Waals surface area contributed by atoms with Crippen LogP contribution in [0.25, 0.3) is 0 Å². The van der Waals surface area contributed by atoms with E-state index in [0.717, 1.165) is 28.3 Å². The molecule has 0 amide bonds. The molecule has 6 heteroatoms. The molecule has 26 heavy (non-hydrogen) atoms. The third-order valence-electron chi connectivity index (χ3n) is 3.91. The van der Waals surface area contributed by atoms with E-state index < -0.39 is 16.0 Å². The molecule has 0 aromatic heterocycles. The lowest BCUT2D eigenvalue weighted by Crippen LogP contribution is -2.36. The number of esters is 1. The van der Waals surface area contributed by atoms with Crippen molar-refractivity contribution in [1.29, 1.82) is 0 Å². The van der Waals surface area contributed by atoms with E-state index in [1.54, 1.807) is 19.1 Å². The zero-order chi connectivity index (χ0) is 19.0. The highest BCUT2D eigenvalue weighted by Gasteiger charge is 2.27. The molecule has 0 fully saturated rings. The topological polar surface area (TPSA) is 63.7 Å². The third-order valence-corrected chi connectivity index (χ3v) is 5.72. The predicted octanol–water partition coefficient (Wildman–Crippen LogP) is 3.39. The Morgan fingerprint density at radius 3 is 2.19 bits per heavy atom. The lowest BCUT2D eigenvalue weighted by Gasteiger charge is -2.21. The number of carbonyl (C=O) groups is 1. The first-order valence-electron chi connectivity index (χ1n) is 8.76. The number of ether oxygens (including phenoxy) is 1. The van der Waals surface area contributed by atoms with Gasteiger partial charge in [0, 0.05) is 6.54 Å². The van der Waals surface area contributed by atoms with Crippen LogP contribution in [0.1, 0.15) is 31.4 Å². The summed E-state index contributed by atoms with van der Waals surface area (Å²) >= 11 is 0. The van der Waals surface area contributed by atoms with E-state index in [9.17, 15) is 13.2 Å². The maximum absolute atomic E-state index is 13.1. The molecule has 0 saturated heterocycles. The second-order valence-corrected chi connectivity index (χ2v) is 7.90. The van der Waals surface area contributed by atoms with E-state index in [1.807, 2.05) is 42.5 Å². The van der Waals surface area contributed by atoms with Crippen molar-refractivity contribution < 1.29 is 17.9 Å². The third kappa shape index (κ3) is 5.41. The largest absolute Gasteiger partial charge is 0.465 e. The molecule has 140 valence electrons. The highest BCUT2D eigenvalue weighted by molar-refractivity contribution is 7.89. The molecule has 0 radical (unpaired) electrons. The lowest BCUT2D eigenvalue weighted by atomic mass is 10.1. The summed E-state index contributed by atoms with van der Waals surface area (Å²) in [4.78, 5) is 12.1. The number of nitrogens with zero attached hydrogens (tertiary/aromatic N) is 1. The van der Waals surface area contributed by atoms with E-state index in [0.29, 0.717) is 0 Å². The number of hydrogen-bond donors (Lipinski definition) is 0. The van der Waals surface area contributed by atoms with E-state index in [2.05, 4.69) is 6.92 Å². The van der Waals surface area contributed by atoms with Crippen molar-refractivity contribution in [1.82, 2.24) is 4.31 Å². The van der Waals surface area contributed by atoms with Crippen LogP contribution in [-0.4, -0.2) is 31.8 Å². The van der Waals surface area contributed by atoms with Crippen molar-refractivity contribution in [3.63, 3.8) is 0 Å². The summed E-state index contributed by atoms with van der Waals surface area (Å²) in [5, 5.41) is 0. The molecule has 0 aliphatic carbocycles. The molecule has 0 unspecified atom stereocenters. The van der Waals surface area contributed by atoms with Gasteiger partial charge in [0.15, 0.2) is 0 Å². The average molecular weight is 375 g/mol. The van der Waals surface area contributed by atoms with Gasteiger partial charge in [-0.1, -0.05) is 55.8 Å². The Hall–Kier alpha value is -2.18. The average Bonchev–Trinajstić information content (AvgIpc) is 2.63. The first-order valence-corrected chi connectivity index (χ1v) is 10.2. The van der Waals surface area contributed by atoms with Gasteiger partial charge in [-0.3, -0.25) is 4.79 Å². The highest BCUT2D eigenvalue weighted by Crippen LogP contribution is 2.19. The summed E-state index contributed by atoms with van der Waals surface area (Å²) in [5.41, 5.74) is 1.90. The van der Waals surface area contributed by atoms with Gasteiger partial charge >= 0.3 is 5.97 Å². The molecule has 0 aliphatic rings. The smallest absolute Gasteiger partial charge is 0.321 e. The van der Waals surface area contributed by atoms with Crippen molar-refractivity contribution in [3.05, 3.63) is 65.7 Å². The zero-order valence-corrected chi connectivity index (χ0v) is 16.0. The lowest BCUT2D eigenvalue weighted by molar-refractivity contribution is -0.143. The van der Waals surface area contributed by atoms with E-state index in [4.69, 9.17) is 4.74 Å². The monoisotopic (exact) mass is 375 g/mol. The van der Waals surface area contributed by atoms with Crippen LogP contribution < -0.4 is 0 Å². The van der Waals surface area contributed by atoms with Gasteiger partial charge in [-0.2, -0.15) is 4.31 Å². The molecule has 0 aliphatic heterocycles. The molecule has 2 rings (SSSR count). The second-order valence-electron chi connectivity index (χ2n) is 5.96. The summed E-state index contributed by atoms with van der Waals surface area (Å²) in [6, 6.07) is 16.0. The molecule has 2 aromatic rings. The van der Waals surface area contributed by atoms with Crippen LogP contribution >= 0.6 is 0 Å². The fourth-order valence-corrected chi connectivity index (χ4v) is 4.00. The summed E-state index contributed by atoms with van der Waals surface area (Å²) in [6.07, 6.45) is 1.89. The van der Waals surface area contributed by atoms with Gasteiger partial charge in [-0.05, 0) is 36.6 Å². The first-order chi connectivity index (χ1) is 12.5. The van der Waals surface area contributed by atoms with E-state index in [-0.39, 0.29) is 24.6 Å².